The van der Waals surface area contributed by atoms with Gasteiger partial charge in [0.25, 0.3) is 0 Å². The Morgan fingerprint density at radius 3 is 2.62 bits per heavy atom. The second kappa shape index (κ2) is 11.3. The molecular formula is C25H38N4O3. The van der Waals surface area contributed by atoms with Gasteiger partial charge in [0.05, 0.1) is 13.2 Å². The first kappa shape index (κ1) is 23.2. The molecule has 2 fully saturated rings. The Morgan fingerprint density at radius 1 is 1.12 bits per heavy atom. The van der Waals surface area contributed by atoms with Crippen LogP contribution in [-0.2, 0) is 14.3 Å². The molecule has 0 radical (unpaired) electrons. The Labute approximate surface area is 192 Å². The van der Waals surface area contributed by atoms with Gasteiger partial charge >= 0.3 is 0 Å². The number of likely N-dealkylation sites (tertiary alicyclic amines) is 1. The van der Waals surface area contributed by atoms with E-state index in [0.29, 0.717) is 0 Å². The van der Waals surface area contributed by atoms with E-state index in [1.54, 1.807) is 0 Å². The number of benzene rings is 1. The van der Waals surface area contributed by atoms with Crippen LogP contribution in [0.25, 0.3) is 0 Å². The molecule has 4 rings (SSSR count). The van der Waals surface area contributed by atoms with Gasteiger partial charge in [0.2, 0.25) is 11.8 Å². The number of carbonyl (C=O) groups excluding carboxylic acids is 1. The molecule has 0 aliphatic carbocycles. The van der Waals surface area contributed by atoms with Crippen LogP contribution in [-0.4, -0.2) is 92.8 Å². The smallest absolute Gasteiger partial charge is 0.223 e. The standard InChI is InChI=1S/C25H38N4O3/c1-19-6-3-4-7-22(19)25-27-23(20(2)32-25)18-29-12-8-21(9-13-29)24(30)26-10-5-11-28-14-16-31-17-15-28/h3-4,6-7,20-21,23H,5,8-18H2,1-2H3,(H,26,30). The summed E-state index contributed by atoms with van der Waals surface area (Å²) in [6.07, 6.45) is 2.93. The van der Waals surface area contributed by atoms with Gasteiger partial charge in [0.1, 0.15) is 12.1 Å². The third-order valence-corrected chi connectivity index (χ3v) is 6.96. The zero-order valence-electron chi connectivity index (χ0n) is 19.6. The highest BCUT2D eigenvalue weighted by atomic mass is 16.5. The van der Waals surface area contributed by atoms with Crippen molar-refractivity contribution in [3.05, 3.63) is 35.4 Å². The first-order chi connectivity index (χ1) is 15.6. The molecule has 3 aliphatic heterocycles. The molecule has 1 N–H and O–H groups in total. The van der Waals surface area contributed by atoms with Crippen LogP contribution in [0, 0.1) is 12.8 Å². The lowest BCUT2D eigenvalue weighted by molar-refractivity contribution is -0.126. The molecule has 0 saturated carbocycles. The Morgan fingerprint density at radius 2 is 1.88 bits per heavy atom. The van der Waals surface area contributed by atoms with Crippen molar-refractivity contribution in [1.82, 2.24) is 15.1 Å². The summed E-state index contributed by atoms with van der Waals surface area (Å²) in [6.45, 7) is 12.5. The van der Waals surface area contributed by atoms with Gasteiger partial charge in [-0.15, -0.1) is 0 Å². The molecule has 7 heteroatoms. The number of aryl methyl sites for hydroxylation is 1. The van der Waals surface area contributed by atoms with Crippen molar-refractivity contribution in [3.63, 3.8) is 0 Å². The van der Waals surface area contributed by atoms with Crippen molar-refractivity contribution in [2.24, 2.45) is 10.9 Å². The summed E-state index contributed by atoms with van der Waals surface area (Å²) in [6, 6.07) is 8.39. The summed E-state index contributed by atoms with van der Waals surface area (Å²) < 4.78 is 11.5. The number of hydrogen-bond donors (Lipinski definition) is 1. The molecule has 32 heavy (non-hydrogen) atoms. The van der Waals surface area contributed by atoms with Gasteiger partial charge < -0.3 is 19.7 Å². The van der Waals surface area contributed by atoms with E-state index in [1.807, 2.05) is 12.1 Å². The van der Waals surface area contributed by atoms with Gasteiger partial charge in [-0.1, -0.05) is 18.2 Å². The first-order valence-electron chi connectivity index (χ1n) is 12.2. The number of amides is 1. The molecule has 2 saturated heterocycles. The van der Waals surface area contributed by atoms with Crippen molar-refractivity contribution in [2.75, 3.05) is 59.0 Å². The van der Waals surface area contributed by atoms with Crippen LogP contribution in [0.15, 0.2) is 29.3 Å². The SMILES string of the molecule is Cc1ccccc1C1=NC(CN2CCC(C(=O)NCCCN3CCOCC3)CC2)C(C)O1. The molecule has 0 bridgehead atoms. The highest BCUT2D eigenvalue weighted by molar-refractivity contribution is 5.96. The molecule has 2 atom stereocenters. The minimum Gasteiger partial charge on any atom is -0.472 e. The number of morpholine rings is 1. The van der Waals surface area contributed by atoms with Crippen molar-refractivity contribution in [3.8, 4) is 0 Å². The van der Waals surface area contributed by atoms with Crippen LogP contribution < -0.4 is 5.32 Å². The van der Waals surface area contributed by atoms with Gasteiger partial charge in [-0.3, -0.25) is 9.69 Å². The zero-order chi connectivity index (χ0) is 22.3. The minimum atomic E-state index is 0.0806. The highest BCUT2D eigenvalue weighted by Crippen LogP contribution is 2.23. The Hall–Kier alpha value is -1.96. The van der Waals surface area contributed by atoms with Crippen molar-refractivity contribution >= 4 is 11.8 Å². The van der Waals surface area contributed by atoms with E-state index in [-0.39, 0.29) is 24.0 Å². The average molecular weight is 443 g/mol. The molecule has 3 heterocycles. The fourth-order valence-electron chi connectivity index (χ4n) is 4.80. The van der Waals surface area contributed by atoms with E-state index >= 15 is 0 Å². The largest absolute Gasteiger partial charge is 0.472 e. The third-order valence-electron chi connectivity index (χ3n) is 6.96. The number of hydrogen-bond acceptors (Lipinski definition) is 6. The first-order valence-corrected chi connectivity index (χ1v) is 12.2. The summed E-state index contributed by atoms with van der Waals surface area (Å²) >= 11 is 0. The fraction of sp³-hybridized carbons (Fsp3) is 0.680. The van der Waals surface area contributed by atoms with Gasteiger partial charge in [0.15, 0.2) is 0 Å². The zero-order valence-corrected chi connectivity index (χ0v) is 19.6. The Bertz CT molecular complexity index is 785. The van der Waals surface area contributed by atoms with Crippen molar-refractivity contribution < 1.29 is 14.3 Å². The minimum absolute atomic E-state index is 0.0806. The molecule has 0 aromatic heterocycles. The lowest BCUT2D eigenvalue weighted by atomic mass is 9.95. The normalized spacial score (nSPS) is 25.4. The molecule has 1 aromatic rings. The lowest BCUT2D eigenvalue weighted by Crippen LogP contribution is -2.44. The Kier molecular flexibility index (Phi) is 8.16. The molecule has 7 nitrogen and oxygen atoms in total. The van der Waals surface area contributed by atoms with E-state index in [9.17, 15) is 4.79 Å². The number of rotatable bonds is 8. The van der Waals surface area contributed by atoms with Crippen molar-refractivity contribution in [1.29, 1.82) is 0 Å². The van der Waals surface area contributed by atoms with Crippen LogP contribution in [0.2, 0.25) is 0 Å². The van der Waals surface area contributed by atoms with E-state index in [1.165, 1.54) is 5.56 Å². The van der Waals surface area contributed by atoms with E-state index in [4.69, 9.17) is 14.5 Å². The molecule has 176 valence electrons. The second-order valence-electron chi connectivity index (χ2n) is 9.31. The summed E-state index contributed by atoms with van der Waals surface area (Å²) in [5, 5.41) is 3.16. The maximum absolute atomic E-state index is 12.6. The predicted molar refractivity (Wildman–Crippen MR) is 126 cm³/mol. The molecule has 2 unspecified atom stereocenters. The van der Waals surface area contributed by atoms with E-state index < -0.39 is 0 Å². The number of aliphatic imine (C=N–C) groups is 1. The average Bonchev–Trinajstić information content (AvgIpc) is 3.18. The van der Waals surface area contributed by atoms with Gasteiger partial charge in [-0.2, -0.15) is 0 Å². The summed E-state index contributed by atoms with van der Waals surface area (Å²) in [5.74, 6) is 1.13. The number of piperidine rings is 1. The van der Waals surface area contributed by atoms with Crippen LogP contribution in [0.1, 0.15) is 37.3 Å². The summed E-state index contributed by atoms with van der Waals surface area (Å²) in [7, 11) is 0. The van der Waals surface area contributed by atoms with Gasteiger partial charge in [0, 0.05) is 37.7 Å². The molecule has 3 aliphatic rings. The quantitative estimate of drug-likeness (QED) is 0.625. The second-order valence-corrected chi connectivity index (χ2v) is 9.31. The van der Waals surface area contributed by atoms with Crippen LogP contribution in [0.5, 0.6) is 0 Å². The molecule has 0 spiro atoms. The molecule has 1 aromatic carbocycles. The van der Waals surface area contributed by atoms with Gasteiger partial charge in [-0.25, -0.2) is 4.99 Å². The van der Waals surface area contributed by atoms with Crippen LogP contribution in [0.3, 0.4) is 0 Å². The Balaban J connectivity index is 1.17. The maximum atomic E-state index is 12.6. The summed E-state index contributed by atoms with van der Waals surface area (Å²) in [4.78, 5) is 22.3. The predicted octanol–water partition coefficient (Wildman–Crippen LogP) is 2.08. The molecule has 1 amide bonds. The fourth-order valence-corrected chi connectivity index (χ4v) is 4.80. The number of carbonyl (C=O) groups is 1. The van der Waals surface area contributed by atoms with E-state index in [0.717, 1.165) is 89.8 Å². The third kappa shape index (κ3) is 6.09. The van der Waals surface area contributed by atoms with Crippen LogP contribution >= 0.6 is 0 Å². The summed E-state index contributed by atoms with van der Waals surface area (Å²) in [5.41, 5.74) is 2.28. The topological polar surface area (TPSA) is 66.4 Å². The molecular weight excluding hydrogens is 404 g/mol. The van der Waals surface area contributed by atoms with Gasteiger partial charge in [-0.05, 0) is 64.4 Å². The maximum Gasteiger partial charge on any atom is 0.223 e. The highest BCUT2D eigenvalue weighted by Gasteiger charge is 2.32. The number of ether oxygens (including phenoxy) is 2. The van der Waals surface area contributed by atoms with Crippen LogP contribution in [0.4, 0.5) is 0 Å². The van der Waals surface area contributed by atoms with Crippen molar-refractivity contribution in [2.45, 2.75) is 45.3 Å². The lowest BCUT2D eigenvalue weighted by Gasteiger charge is -2.32. The number of nitrogens with one attached hydrogen (secondary N) is 1. The number of nitrogens with zero attached hydrogens (tertiary/aromatic N) is 3. The monoisotopic (exact) mass is 442 g/mol. The van der Waals surface area contributed by atoms with E-state index in [2.05, 4.69) is 41.1 Å².